The third kappa shape index (κ3) is 4.16. The first-order valence-corrected chi connectivity index (χ1v) is 7.61. The lowest BCUT2D eigenvalue weighted by Gasteiger charge is -2.05. The van der Waals surface area contributed by atoms with Crippen LogP contribution in [0.15, 0.2) is 39.8 Å². The first-order valence-electron chi connectivity index (χ1n) is 6.13. The number of hydrogen-bond donors (Lipinski definition) is 2. The second-order valence-corrected chi connectivity index (χ2v) is 6.01. The highest BCUT2D eigenvalue weighted by Crippen LogP contribution is 2.12. The second kappa shape index (κ2) is 6.54. The molecule has 21 heavy (non-hydrogen) atoms. The first-order chi connectivity index (χ1) is 10.0. The van der Waals surface area contributed by atoms with Crippen molar-refractivity contribution < 1.29 is 18.0 Å². The number of benzene rings is 1. The molecule has 110 valence electrons. The summed E-state index contributed by atoms with van der Waals surface area (Å²) in [5.74, 6) is 5.57. The van der Waals surface area contributed by atoms with E-state index >= 15 is 0 Å². The molecule has 2 N–H and O–H groups in total. The number of nitrogens with zero attached hydrogens (tertiary/aromatic N) is 1. The molecule has 0 aliphatic carbocycles. The maximum atomic E-state index is 12.2. The number of aromatic nitrogens is 1. The molecule has 0 saturated carbocycles. The van der Waals surface area contributed by atoms with Gasteiger partial charge in [0.2, 0.25) is 10.0 Å². The minimum Gasteiger partial charge on any atom is -0.384 e. The molecule has 0 unspecified atom stereocenters. The van der Waals surface area contributed by atoms with Gasteiger partial charge in [0.25, 0.3) is 0 Å². The molecule has 0 amide bonds. The van der Waals surface area contributed by atoms with Crippen LogP contribution in [0.4, 0.5) is 0 Å². The Hall–Kier alpha value is -2.14. The zero-order valence-corrected chi connectivity index (χ0v) is 12.1. The summed E-state index contributed by atoms with van der Waals surface area (Å²) in [6.45, 7) is 1.50. The van der Waals surface area contributed by atoms with Crippen LogP contribution in [0.2, 0.25) is 0 Å². The van der Waals surface area contributed by atoms with Gasteiger partial charge in [-0.3, -0.25) is 0 Å². The van der Waals surface area contributed by atoms with Crippen molar-refractivity contribution in [1.29, 1.82) is 0 Å². The van der Waals surface area contributed by atoms with Crippen molar-refractivity contribution in [3.63, 3.8) is 0 Å². The zero-order valence-electron chi connectivity index (χ0n) is 11.3. The van der Waals surface area contributed by atoms with Gasteiger partial charge < -0.3 is 9.63 Å². The molecule has 0 aliphatic heterocycles. The standard InChI is InChI=1S/C14H14N2O4S/c1-11-8-13(20-16-11)10-15-21(18,19)14-6-2-4-12(9-14)5-3-7-17/h2,4,6,8-9,15,17H,7,10H2,1H3. The monoisotopic (exact) mass is 306 g/mol. The molecule has 2 aromatic rings. The summed E-state index contributed by atoms with van der Waals surface area (Å²) in [6.07, 6.45) is 0. The van der Waals surface area contributed by atoms with Crippen molar-refractivity contribution in [3.8, 4) is 11.8 Å². The van der Waals surface area contributed by atoms with Crippen LogP contribution >= 0.6 is 0 Å². The Balaban J connectivity index is 2.15. The summed E-state index contributed by atoms with van der Waals surface area (Å²) in [4.78, 5) is 0.100. The Morgan fingerprint density at radius 2 is 2.19 bits per heavy atom. The zero-order chi connectivity index (χ0) is 15.3. The van der Waals surface area contributed by atoms with E-state index in [1.807, 2.05) is 0 Å². The number of nitrogens with one attached hydrogen (secondary N) is 1. The number of aliphatic hydroxyl groups excluding tert-OH is 1. The molecule has 0 spiro atoms. The summed E-state index contributed by atoms with van der Waals surface area (Å²) < 4.78 is 31.7. The molecular formula is C14H14N2O4S. The van der Waals surface area contributed by atoms with Crippen molar-refractivity contribution in [2.75, 3.05) is 6.61 Å². The smallest absolute Gasteiger partial charge is 0.241 e. The van der Waals surface area contributed by atoms with Gasteiger partial charge in [-0.05, 0) is 25.1 Å². The van der Waals surface area contributed by atoms with Gasteiger partial charge in [-0.1, -0.05) is 23.1 Å². The predicted octanol–water partition coefficient (Wildman–Crippen LogP) is 0.805. The van der Waals surface area contributed by atoms with Crippen molar-refractivity contribution in [3.05, 3.63) is 47.3 Å². The van der Waals surface area contributed by atoms with E-state index < -0.39 is 10.0 Å². The van der Waals surface area contributed by atoms with E-state index in [-0.39, 0.29) is 18.0 Å². The van der Waals surface area contributed by atoms with E-state index in [0.717, 1.165) is 0 Å². The van der Waals surface area contributed by atoms with Gasteiger partial charge in [-0.25, -0.2) is 13.1 Å². The Kier molecular flexibility index (Phi) is 4.75. The fraction of sp³-hybridized carbons (Fsp3) is 0.214. The van der Waals surface area contributed by atoms with E-state index in [2.05, 4.69) is 21.7 Å². The van der Waals surface area contributed by atoms with Gasteiger partial charge in [0.05, 0.1) is 17.1 Å². The molecule has 0 saturated heterocycles. The van der Waals surface area contributed by atoms with E-state index in [0.29, 0.717) is 17.0 Å². The van der Waals surface area contributed by atoms with Gasteiger partial charge >= 0.3 is 0 Å². The molecule has 0 bridgehead atoms. The lowest BCUT2D eigenvalue weighted by atomic mass is 10.2. The highest BCUT2D eigenvalue weighted by atomic mass is 32.2. The van der Waals surface area contributed by atoms with Crippen LogP contribution in [-0.2, 0) is 16.6 Å². The van der Waals surface area contributed by atoms with Gasteiger partial charge in [0.1, 0.15) is 6.61 Å². The molecule has 1 heterocycles. The maximum absolute atomic E-state index is 12.2. The van der Waals surface area contributed by atoms with Gasteiger partial charge in [-0.15, -0.1) is 0 Å². The van der Waals surface area contributed by atoms with Crippen LogP contribution in [0.3, 0.4) is 0 Å². The summed E-state index contributed by atoms with van der Waals surface area (Å²) in [5.41, 5.74) is 1.20. The molecule has 0 aliphatic rings. The molecule has 2 rings (SSSR count). The number of aryl methyl sites for hydroxylation is 1. The SMILES string of the molecule is Cc1cc(CNS(=O)(=O)c2cccc(C#CCO)c2)on1. The fourth-order valence-electron chi connectivity index (χ4n) is 1.63. The normalized spacial score (nSPS) is 11.0. The summed E-state index contributed by atoms with van der Waals surface area (Å²) in [5, 5.41) is 12.3. The topological polar surface area (TPSA) is 92.4 Å². The number of aliphatic hydroxyl groups is 1. The van der Waals surface area contributed by atoms with E-state index in [1.54, 1.807) is 25.1 Å². The number of hydrogen-bond acceptors (Lipinski definition) is 5. The van der Waals surface area contributed by atoms with Crippen molar-refractivity contribution in [2.45, 2.75) is 18.4 Å². The lowest BCUT2D eigenvalue weighted by molar-refractivity contribution is 0.350. The minimum absolute atomic E-state index is 0.0235. The van der Waals surface area contributed by atoms with Gasteiger partial charge in [0.15, 0.2) is 5.76 Å². The van der Waals surface area contributed by atoms with Crippen LogP contribution < -0.4 is 4.72 Å². The van der Waals surface area contributed by atoms with E-state index in [1.165, 1.54) is 12.1 Å². The molecule has 0 fully saturated rings. The Bertz CT molecular complexity index is 785. The number of rotatable bonds is 4. The van der Waals surface area contributed by atoms with Gasteiger partial charge in [0, 0.05) is 11.6 Å². The summed E-state index contributed by atoms with van der Waals surface area (Å²) in [6, 6.07) is 7.83. The van der Waals surface area contributed by atoms with E-state index in [9.17, 15) is 8.42 Å². The van der Waals surface area contributed by atoms with E-state index in [4.69, 9.17) is 9.63 Å². The average Bonchev–Trinajstić information content (AvgIpc) is 2.89. The minimum atomic E-state index is -3.66. The molecular weight excluding hydrogens is 292 g/mol. The predicted molar refractivity (Wildman–Crippen MR) is 75.7 cm³/mol. The van der Waals surface area contributed by atoms with Crippen molar-refractivity contribution in [2.24, 2.45) is 0 Å². The molecule has 0 atom stereocenters. The van der Waals surface area contributed by atoms with Crippen molar-refractivity contribution in [1.82, 2.24) is 9.88 Å². The second-order valence-electron chi connectivity index (χ2n) is 4.25. The average molecular weight is 306 g/mol. The van der Waals surface area contributed by atoms with Crippen LogP contribution in [0.5, 0.6) is 0 Å². The highest BCUT2D eigenvalue weighted by molar-refractivity contribution is 7.89. The molecule has 1 aromatic carbocycles. The summed E-state index contributed by atoms with van der Waals surface area (Å²) in [7, 11) is -3.66. The molecule has 7 heteroatoms. The van der Waals surface area contributed by atoms with Crippen LogP contribution in [-0.4, -0.2) is 25.3 Å². The highest BCUT2D eigenvalue weighted by Gasteiger charge is 2.15. The lowest BCUT2D eigenvalue weighted by Crippen LogP contribution is -2.23. The Morgan fingerprint density at radius 3 is 2.86 bits per heavy atom. The van der Waals surface area contributed by atoms with Crippen molar-refractivity contribution >= 4 is 10.0 Å². The Labute approximate surface area is 122 Å². The molecule has 6 nitrogen and oxygen atoms in total. The quantitative estimate of drug-likeness (QED) is 0.815. The summed E-state index contributed by atoms with van der Waals surface area (Å²) >= 11 is 0. The van der Waals surface area contributed by atoms with Crippen LogP contribution in [0.25, 0.3) is 0 Å². The third-order valence-corrected chi connectivity index (χ3v) is 3.97. The fourth-order valence-corrected chi connectivity index (χ4v) is 2.67. The first kappa shape index (κ1) is 15.3. The van der Waals surface area contributed by atoms with Crippen LogP contribution in [0.1, 0.15) is 17.0 Å². The van der Waals surface area contributed by atoms with Crippen LogP contribution in [0, 0.1) is 18.8 Å². The maximum Gasteiger partial charge on any atom is 0.241 e. The third-order valence-electron chi connectivity index (χ3n) is 2.57. The largest absolute Gasteiger partial charge is 0.384 e. The Morgan fingerprint density at radius 1 is 1.38 bits per heavy atom. The molecule has 0 radical (unpaired) electrons. The molecule has 1 aromatic heterocycles. The number of sulfonamides is 1. The van der Waals surface area contributed by atoms with Gasteiger partial charge in [-0.2, -0.15) is 0 Å².